The minimum absolute atomic E-state index is 1.04. The van der Waals surface area contributed by atoms with Gasteiger partial charge in [-0.15, -0.1) is 5.10 Å². The molecule has 0 spiro atoms. The Bertz CT molecular complexity index is 490. The molecule has 1 N–H and O–H groups in total. The molecule has 1 aromatic carbocycles. The standard InChI is InChI=1S/C12H16N4S/c1-2-12-11(14-15-17-12)9-10(1)3-6-16-7-4-13-5-8-16/h1-2,9,13H,3-8H2. The van der Waals surface area contributed by atoms with E-state index in [1.165, 1.54) is 34.9 Å². The van der Waals surface area contributed by atoms with Crippen molar-refractivity contribution in [2.24, 2.45) is 0 Å². The molecule has 4 nitrogen and oxygen atoms in total. The smallest absolute Gasteiger partial charge is 0.106 e. The van der Waals surface area contributed by atoms with Gasteiger partial charge in [-0.1, -0.05) is 10.6 Å². The molecule has 0 atom stereocenters. The Labute approximate surface area is 105 Å². The van der Waals surface area contributed by atoms with Crippen LogP contribution in [0.4, 0.5) is 0 Å². The summed E-state index contributed by atoms with van der Waals surface area (Å²) in [7, 11) is 0. The van der Waals surface area contributed by atoms with E-state index in [0.29, 0.717) is 0 Å². The number of nitrogens with one attached hydrogen (secondary N) is 1. The normalized spacial score (nSPS) is 17.6. The summed E-state index contributed by atoms with van der Waals surface area (Å²) in [5.74, 6) is 0. The molecule has 1 aliphatic rings. The average molecular weight is 248 g/mol. The molecule has 0 unspecified atom stereocenters. The van der Waals surface area contributed by atoms with Gasteiger partial charge in [0.15, 0.2) is 0 Å². The second-order valence-electron chi connectivity index (χ2n) is 4.42. The number of nitrogens with zero attached hydrogens (tertiary/aromatic N) is 3. The van der Waals surface area contributed by atoms with Crippen molar-refractivity contribution in [2.75, 3.05) is 32.7 Å². The van der Waals surface area contributed by atoms with Crippen LogP contribution in [0, 0.1) is 0 Å². The number of rotatable bonds is 3. The lowest BCUT2D eigenvalue weighted by Gasteiger charge is -2.27. The Morgan fingerprint density at radius 3 is 3.06 bits per heavy atom. The summed E-state index contributed by atoms with van der Waals surface area (Å²) < 4.78 is 5.14. The molecule has 1 aliphatic heterocycles. The van der Waals surface area contributed by atoms with Crippen LogP contribution in [0.1, 0.15) is 5.56 Å². The number of fused-ring (bicyclic) bond motifs is 1. The van der Waals surface area contributed by atoms with Crippen LogP contribution in [0.5, 0.6) is 0 Å². The summed E-state index contributed by atoms with van der Waals surface area (Å²) in [6, 6.07) is 6.50. The van der Waals surface area contributed by atoms with Gasteiger partial charge in [0.05, 0.1) is 4.70 Å². The fourth-order valence-electron chi connectivity index (χ4n) is 2.20. The largest absolute Gasteiger partial charge is 0.314 e. The lowest BCUT2D eigenvalue weighted by atomic mass is 10.1. The van der Waals surface area contributed by atoms with Gasteiger partial charge in [0.1, 0.15) is 5.52 Å². The summed E-state index contributed by atoms with van der Waals surface area (Å²) in [6.45, 7) is 5.72. The first kappa shape index (κ1) is 11.1. The maximum absolute atomic E-state index is 4.12. The van der Waals surface area contributed by atoms with E-state index in [1.54, 1.807) is 0 Å². The quantitative estimate of drug-likeness (QED) is 0.884. The molecule has 2 heterocycles. The number of hydrogen-bond acceptors (Lipinski definition) is 5. The van der Waals surface area contributed by atoms with Crippen LogP contribution < -0.4 is 5.32 Å². The van der Waals surface area contributed by atoms with Crippen molar-refractivity contribution in [3.63, 3.8) is 0 Å². The van der Waals surface area contributed by atoms with Gasteiger partial charge >= 0.3 is 0 Å². The lowest BCUT2D eigenvalue weighted by Crippen LogP contribution is -2.44. The van der Waals surface area contributed by atoms with Crippen molar-refractivity contribution in [3.8, 4) is 0 Å². The van der Waals surface area contributed by atoms with Gasteiger partial charge in [-0.2, -0.15) is 0 Å². The zero-order valence-electron chi connectivity index (χ0n) is 9.72. The van der Waals surface area contributed by atoms with Crippen LogP contribution in [-0.2, 0) is 6.42 Å². The first-order chi connectivity index (χ1) is 8.42. The Morgan fingerprint density at radius 2 is 2.18 bits per heavy atom. The first-order valence-corrected chi connectivity index (χ1v) is 6.83. The van der Waals surface area contributed by atoms with E-state index in [2.05, 4.69) is 38.0 Å². The van der Waals surface area contributed by atoms with Crippen LogP contribution in [0.15, 0.2) is 18.2 Å². The second-order valence-corrected chi connectivity index (χ2v) is 5.20. The van der Waals surface area contributed by atoms with E-state index >= 15 is 0 Å². The molecule has 1 saturated heterocycles. The van der Waals surface area contributed by atoms with Crippen LogP contribution >= 0.6 is 11.5 Å². The summed E-state index contributed by atoms with van der Waals surface area (Å²) in [6.07, 6.45) is 1.10. The summed E-state index contributed by atoms with van der Waals surface area (Å²) >= 11 is 1.46. The van der Waals surface area contributed by atoms with E-state index in [9.17, 15) is 0 Å². The maximum atomic E-state index is 4.12. The highest BCUT2D eigenvalue weighted by Crippen LogP contribution is 2.17. The Morgan fingerprint density at radius 1 is 1.29 bits per heavy atom. The minimum Gasteiger partial charge on any atom is -0.314 e. The van der Waals surface area contributed by atoms with Crippen molar-refractivity contribution >= 4 is 21.7 Å². The van der Waals surface area contributed by atoms with Gasteiger partial charge in [-0.25, -0.2) is 0 Å². The molecule has 0 amide bonds. The average Bonchev–Trinajstić information content (AvgIpc) is 2.85. The molecule has 0 radical (unpaired) electrons. The molecule has 0 aliphatic carbocycles. The molecule has 17 heavy (non-hydrogen) atoms. The van der Waals surface area contributed by atoms with Gasteiger partial charge < -0.3 is 10.2 Å². The highest BCUT2D eigenvalue weighted by molar-refractivity contribution is 7.12. The fraction of sp³-hybridized carbons (Fsp3) is 0.500. The van der Waals surface area contributed by atoms with Crippen LogP contribution in [0.2, 0.25) is 0 Å². The zero-order valence-corrected chi connectivity index (χ0v) is 10.5. The van der Waals surface area contributed by atoms with Gasteiger partial charge in [0.2, 0.25) is 0 Å². The third-order valence-electron chi connectivity index (χ3n) is 3.24. The molecule has 1 fully saturated rings. The molecule has 3 rings (SSSR count). The molecular weight excluding hydrogens is 232 g/mol. The van der Waals surface area contributed by atoms with Crippen molar-refractivity contribution in [3.05, 3.63) is 23.8 Å². The summed E-state index contributed by atoms with van der Waals surface area (Å²) in [5, 5.41) is 7.49. The fourth-order valence-corrected chi connectivity index (χ4v) is 2.74. The van der Waals surface area contributed by atoms with E-state index in [1.807, 2.05) is 0 Å². The van der Waals surface area contributed by atoms with Crippen molar-refractivity contribution in [1.82, 2.24) is 19.8 Å². The molecule has 0 bridgehead atoms. The van der Waals surface area contributed by atoms with Crippen LogP contribution in [0.3, 0.4) is 0 Å². The third-order valence-corrected chi connectivity index (χ3v) is 3.94. The van der Waals surface area contributed by atoms with E-state index in [0.717, 1.165) is 31.6 Å². The number of piperazine rings is 1. The zero-order chi connectivity index (χ0) is 11.5. The van der Waals surface area contributed by atoms with Gasteiger partial charge in [-0.3, -0.25) is 0 Å². The van der Waals surface area contributed by atoms with Gasteiger partial charge in [0.25, 0.3) is 0 Å². The number of aromatic nitrogens is 2. The maximum Gasteiger partial charge on any atom is 0.106 e. The molecule has 1 aromatic heterocycles. The van der Waals surface area contributed by atoms with E-state index < -0.39 is 0 Å². The van der Waals surface area contributed by atoms with Crippen molar-refractivity contribution in [2.45, 2.75) is 6.42 Å². The van der Waals surface area contributed by atoms with Crippen molar-refractivity contribution in [1.29, 1.82) is 0 Å². The van der Waals surface area contributed by atoms with Gasteiger partial charge in [0, 0.05) is 32.7 Å². The summed E-state index contributed by atoms with van der Waals surface area (Å²) in [4.78, 5) is 2.51. The number of benzene rings is 1. The third kappa shape index (κ3) is 2.62. The highest BCUT2D eigenvalue weighted by Gasteiger charge is 2.09. The lowest BCUT2D eigenvalue weighted by molar-refractivity contribution is 0.244. The van der Waals surface area contributed by atoms with Crippen LogP contribution in [0.25, 0.3) is 10.2 Å². The highest BCUT2D eigenvalue weighted by atomic mass is 32.1. The monoisotopic (exact) mass is 248 g/mol. The molecule has 0 saturated carbocycles. The Balaban J connectivity index is 1.63. The molecule has 90 valence electrons. The number of hydrogen-bond donors (Lipinski definition) is 1. The summed E-state index contributed by atoms with van der Waals surface area (Å²) in [5.41, 5.74) is 2.40. The minimum atomic E-state index is 1.04. The van der Waals surface area contributed by atoms with Crippen molar-refractivity contribution < 1.29 is 0 Å². The molecule has 2 aromatic rings. The first-order valence-electron chi connectivity index (χ1n) is 6.06. The van der Waals surface area contributed by atoms with Gasteiger partial charge in [-0.05, 0) is 35.6 Å². The molecular formula is C12H16N4S. The Hall–Kier alpha value is -1.04. The Kier molecular flexibility index (Phi) is 3.31. The SMILES string of the molecule is c1cc2snnc2cc1CCN1CCNCC1. The van der Waals surface area contributed by atoms with E-state index in [-0.39, 0.29) is 0 Å². The predicted octanol–water partition coefficient (Wildman–Crippen LogP) is 1.14. The second kappa shape index (κ2) is 5.08. The topological polar surface area (TPSA) is 41.1 Å². The molecule has 5 heteroatoms. The van der Waals surface area contributed by atoms with E-state index in [4.69, 9.17) is 0 Å². The predicted molar refractivity (Wildman–Crippen MR) is 70.4 cm³/mol. The van der Waals surface area contributed by atoms with Crippen LogP contribution in [-0.4, -0.2) is 47.2 Å².